The summed E-state index contributed by atoms with van der Waals surface area (Å²) in [5.74, 6) is 0.263. The Bertz CT molecular complexity index is 666. The van der Waals surface area contributed by atoms with Crippen molar-refractivity contribution in [2.24, 2.45) is 0 Å². The first kappa shape index (κ1) is 19.8. The SMILES string of the molecule is CC(C)N(C)S(=O)(=O)C(C)(C)C(=O)Cc1cc(C(C)(C)C)on1. The minimum Gasteiger partial charge on any atom is -0.361 e. The van der Waals surface area contributed by atoms with Gasteiger partial charge >= 0.3 is 0 Å². The number of ketones is 1. The van der Waals surface area contributed by atoms with Gasteiger partial charge < -0.3 is 4.52 Å². The maximum Gasteiger partial charge on any atom is 0.226 e. The van der Waals surface area contributed by atoms with E-state index in [1.807, 2.05) is 20.8 Å². The molecule has 1 aromatic heterocycles. The zero-order chi connectivity index (χ0) is 18.2. The van der Waals surface area contributed by atoms with Crippen molar-refractivity contribution >= 4 is 15.8 Å². The minimum atomic E-state index is -3.75. The molecule has 0 saturated heterocycles. The van der Waals surface area contributed by atoms with Gasteiger partial charge in [-0.2, -0.15) is 0 Å². The number of hydrogen-bond donors (Lipinski definition) is 0. The van der Waals surface area contributed by atoms with E-state index in [2.05, 4.69) is 5.16 Å². The summed E-state index contributed by atoms with van der Waals surface area (Å²) in [7, 11) is -2.26. The normalized spacial score (nSPS) is 13.8. The van der Waals surface area contributed by atoms with Crippen molar-refractivity contribution in [2.45, 2.75) is 71.1 Å². The second kappa shape index (κ2) is 6.36. The van der Waals surface area contributed by atoms with Crippen LogP contribution in [0.25, 0.3) is 0 Å². The van der Waals surface area contributed by atoms with Crippen LogP contribution < -0.4 is 0 Å². The molecule has 1 aromatic rings. The van der Waals surface area contributed by atoms with Gasteiger partial charge in [0.25, 0.3) is 0 Å². The molecule has 0 fully saturated rings. The van der Waals surface area contributed by atoms with Gasteiger partial charge in [0.1, 0.15) is 10.5 Å². The van der Waals surface area contributed by atoms with E-state index >= 15 is 0 Å². The zero-order valence-corrected chi connectivity index (χ0v) is 16.1. The fourth-order valence-corrected chi connectivity index (χ4v) is 3.54. The van der Waals surface area contributed by atoms with Crippen LogP contribution >= 0.6 is 0 Å². The van der Waals surface area contributed by atoms with E-state index in [0.29, 0.717) is 11.5 Å². The summed E-state index contributed by atoms with van der Waals surface area (Å²) in [5, 5.41) is 3.89. The Kier molecular flexibility index (Phi) is 5.48. The number of aromatic nitrogens is 1. The lowest BCUT2D eigenvalue weighted by molar-refractivity contribution is -0.120. The standard InChI is InChI=1S/C16H28N2O4S/c1-11(2)18(8)23(20,21)16(6,7)13(19)9-12-10-14(22-17-12)15(3,4)5/h10-11H,9H2,1-8H3. The maximum atomic E-state index is 12.7. The summed E-state index contributed by atoms with van der Waals surface area (Å²) < 4.78 is 30.3. The predicted octanol–water partition coefficient (Wildman–Crippen LogP) is 2.53. The molecule has 132 valence electrons. The van der Waals surface area contributed by atoms with Gasteiger partial charge in [0.2, 0.25) is 10.0 Å². The average molecular weight is 344 g/mol. The van der Waals surface area contributed by atoms with Crippen molar-refractivity contribution in [1.29, 1.82) is 0 Å². The van der Waals surface area contributed by atoms with E-state index in [1.54, 1.807) is 19.9 Å². The van der Waals surface area contributed by atoms with Crippen LogP contribution in [0.1, 0.15) is 59.9 Å². The number of carbonyl (C=O) groups excluding carboxylic acids is 1. The van der Waals surface area contributed by atoms with Crippen molar-refractivity contribution in [3.63, 3.8) is 0 Å². The smallest absolute Gasteiger partial charge is 0.226 e. The van der Waals surface area contributed by atoms with E-state index < -0.39 is 20.6 Å². The van der Waals surface area contributed by atoms with Crippen LogP contribution in [-0.2, 0) is 26.7 Å². The lowest BCUT2D eigenvalue weighted by Gasteiger charge is -2.31. The third-order valence-electron chi connectivity index (χ3n) is 4.06. The van der Waals surface area contributed by atoms with Crippen LogP contribution in [0.3, 0.4) is 0 Å². The maximum absolute atomic E-state index is 12.7. The van der Waals surface area contributed by atoms with E-state index in [-0.39, 0.29) is 17.9 Å². The topological polar surface area (TPSA) is 80.5 Å². The Morgan fingerprint density at radius 2 is 1.78 bits per heavy atom. The first-order chi connectivity index (χ1) is 10.2. The molecule has 1 heterocycles. The Morgan fingerprint density at radius 1 is 1.26 bits per heavy atom. The highest BCUT2D eigenvalue weighted by Crippen LogP contribution is 2.26. The fraction of sp³-hybridized carbons (Fsp3) is 0.750. The highest BCUT2D eigenvalue weighted by molar-refractivity contribution is 7.91. The minimum absolute atomic E-state index is 0.0717. The Morgan fingerprint density at radius 3 is 2.17 bits per heavy atom. The number of nitrogens with zero attached hydrogens (tertiary/aromatic N) is 2. The van der Waals surface area contributed by atoms with Gasteiger partial charge in [-0.25, -0.2) is 12.7 Å². The molecule has 1 rings (SSSR count). The van der Waals surface area contributed by atoms with Gasteiger partial charge in [-0.15, -0.1) is 0 Å². The first-order valence-corrected chi connectivity index (χ1v) is 9.12. The average Bonchev–Trinajstić information content (AvgIpc) is 2.85. The molecule has 0 atom stereocenters. The van der Waals surface area contributed by atoms with Crippen LogP contribution in [0, 0.1) is 0 Å². The second-order valence-corrected chi connectivity index (χ2v) is 10.2. The van der Waals surface area contributed by atoms with Gasteiger partial charge in [-0.3, -0.25) is 4.79 Å². The van der Waals surface area contributed by atoms with Gasteiger partial charge in [-0.1, -0.05) is 25.9 Å². The van der Waals surface area contributed by atoms with Crippen LogP contribution in [0.4, 0.5) is 0 Å². The van der Waals surface area contributed by atoms with Gasteiger partial charge in [0.05, 0.1) is 12.1 Å². The monoisotopic (exact) mass is 344 g/mol. The summed E-state index contributed by atoms with van der Waals surface area (Å²) in [6, 6.07) is 1.50. The van der Waals surface area contributed by atoms with E-state index in [1.165, 1.54) is 25.2 Å². The summed E-state index contributed by atoms with van der Waals surface area (Å²) in [6.07, 6.45) is -0.0717. The third-order valence-corrected chi connectivity index (χ3v) is 6.76. The second-order valence-electron chi connectivity index (χ2n) is 7.66. The molecule has 0 aliphatic rings. The van der Waals surface area contributed by atoms with Gasteiger partial charge in [0, 0.05) is 24.6 Å². The van der Waals surface area contributed by atoms with Crippen molar-refractivity contribution in [3.8, 4) is 0 Å². The fourth-order valence-electron chi connectivity index (χ4n) is 1.91. The van der Waals surface area contributed by atoms with Gasteiger partial charge in [-0.05, 0) is 27.7 Å². The number of carbonyl (C=O) groups is 1. The van der Waals surface area contributed by atoms with Crippen LogP contribution in [0.2, 0.25) is 0 Å². The number of sulfonamides is 1. The summed E-state index contributed by atoms with van der Waals surface area (Å²) >= 11 is 0. The van der Waals surface area contributed by atoms with Crippen molar-refractivity contribution in [1.82, 2.24) is 9.46 Å². The Hall–Kier alpha value is -1.21. The first-order valence-electron chi connectivity index (χ1n) is 7.68. The number of Topliss-reactive ketones (excluding diaryl/α,β-unsaturated/α-hetero) is 1. The predicted molar refractivity (Wildman–Crippen MR) is 89.8 cm³/mol. The number of hydrogen-bond acceptors (Lipinski definition) is 5. The molecule has 0 spiro atoms. The van der Waals surface area contributed by atoms with Crippen LogP contribution in [-0.4, -0.2) is 41.5 Å². The zero-order valence-electron chi connectivity index (χ0n) is 15.3. The lowest BCUT2D eigenvalue weighted by Crippen LogP contribution is -2.50. The summed E-state index contributed by atoms with van der Waals surface area (Å²) in [5.41, 5.74) is 0.240. The highest BCUT2D eigenvalue weighted by Gasteiger charge is 2.44. The van der Waals surface area contributed by atoms with E-state index in [9.17, 15) is 13.2 Å². The quantitative estimate of drug-likeness (QED) is 0.792. The molecule has 0 aliphatic carbocycles. The van der Waals surface area contributed by atoms with Gasteiger partial charge in [0.15, 0.2) is 5.78 Å². The third kappa shape index (κ3) is 4.01. The van der Waals surface area contributed by atoms with E-state index in [0.717, 1.165) is 0 Å². The molecule has 7 heteroatoms. The van der Waals surface area contributed by atoms with Crippen LogP contribution in [0.15, 0.2) is 10.6 Å². The van der Waals surface area contributed by atoms with Crippen molar-refractivity contribution in [3.05, 3.63) is 17.5 Å². The van der Waals surface area contributed by atoms with E-state index in [4.69, 9.17) is 4.52 Å². The molecule has 0 radical (unpaired) electrons. The molecule has 0 bridgehead atoms. The molecule has 23 heavy (non-hydrogen) atoms. The summed E-state index contributed by atoms with van der Waals surface area (Å²) in [6.45, 7) is 12.3. The molecule has 0 saturated carbocycles. The Labute approximate surface area is 139 Å². The molecular weight excluding hydrogens is 316 g/mol. The largest absolute Gasteiger partial charge is 0.361 e. The molecule has 0 N–H and O–H groups in total. The summed E-state index contributed by atoms with van der Waals surface area (Å²) in [4.78, 5) is 12.6. The molecule has 0 aliphatic heterocycles. The molecule has 6 nitrogen and oxygen atoms in total. The highest BCUT2D eigenvalue weighted by atomic mass is 32.2. The lowest BCUT2D eigenvalue weighted by atomic mass is 9.92. The van der Waals surface area contributed by atoms with Crippen molar-refractivity contribution < 1.29 is 17.7 Å². The molecule has 0 amide bonds. The van der Waals surface area contributed by atoms with Crippen molar-refractivity contribution in [2.75, 3.05) is 7.05 Å². The molecule has 0 unspecified atom stereocenters. The Balaban J connectivity index is 3.02. The van der Waals surface area contributed by atoms with Crippen LogP contribution in [0.5, 0.6) is 0 Å². The molecule has 0 aromatic carbocycles. The molecular formula is C16H28N2O4S. The number of rotatable bonds is 6.